The minimum Gasteiger partial charge on any atom is -0.497 e. The van der Waals surface area contributed by atoms with E-state index in [0.717, 1.165) is 31.1 Å². The van der Waals surface area contributed by atoms with Crippen LogP contribution in [0.3, 0.4) is 0 Å². The van der Waals surface area contributed by atoms with Crippen LogP contribution >= 0.6 is 0 Å². The lowest BCUT2D eigenvalue weighted by Crippen LogP contribution is -2.23. The van der Waals surface area contributed by atoms with Gasteiger partial charge in [-0.25, -0.2) is 0 Å². The summed E-state index contributed by atoms with van der Waals surface area (Å²) in [7, 11) is 1.69. The van der Waals surface area contributed by atoms with E-state index in [1.165, 1.54) is 12.8 Å². The summed E-state index contributed by atoms with van der Waals surface area (Å²) in [5, 5.41) is 6.75. The Morgan fingerprint density at radius 3 is 2.81 bits per heavy atom. The van der Waals surface area contributed by atoms with Crippen molar-refractivity contribution in [1.29, 1.82) is 0 Å². The Labute approximate surface area is 98.2 Å². The lowest BCUT2D eigenvalue weighted by Gasteiger charge is -2.08. The summed E-state index contributed by atoms with van der Waals surface area (Å²) >= 11 is 0. The van der Waals surface area contributed by atoms with Gasteiger partial charge in [-0.05, 0) is 25.1 Å². The molecule has 90 valence electrons. The first-order valence-electron chi connectivity index (χ1n) is 5.95. The van der Waals surface area contributed by atoms with Crippen LogP contribution in [0, 0.1) is 0 Å². The topological polar surface area (TPSA) is 33.3 Å². The molecule has 2 N–H and O–H groups in total. The quantitative estimate of drug-likeness (QED) is 0.663. The minimum atomic E-state index is 0.893. The molecule has 0 bridgehead atoms. The maximum Gasteiger partial charge on any atom is 0.120 e. The average Bonchev–Trinajstić information content (AvgIpc) is 2.34. The maximum absolute atomic E-state index is 5.16. The number of benzene rings is 1. The van der Waals surface area contributed by atoms with Crippen LogP contribution in [0.15, 0.2) is 24.3 Å². The number of anilines is 1. The summed E-state index contributed by atoms with van der Waals surface area (Å²) in [5.74, 6) is 0.893. The van der Waals surface area contributed by atoms with Gasteiger partial charge in [0.25, 0.3) is 0 Å². The Kier molecular flexibility index (Phi) is 6.42. The number of hydrogen-bond donors (Lipinski definition) is 2. The SMILES string of the molecule is CCCCNCCNc1cccc(OC)c1. The highest BCUT2D eigenvalue weighted by Crippen LogP contribution is 2.15. The zero-order valence-electron chi connectivity index (χ0n) is 10.3. The largest absolute Gasteiger partial charge is 0.497 e. The first-order valence-corrected chi connectivity index (χ1v) is 5.95. The first kappa shape index (κ1) is 12.8. The van der Waals surface area contributed by atoms with E-state index in [-0.39, 0.29) is 0 Å². The van der Waals surface area contributed by atoms with Crippen LogP contribution < -0.4 is 15.4 Å². The van der Waals surface area contributed by atoms with Gasteiger partial charge in [0.2, 0.25) is 0 Å². The van der Waals surface area contributed by atoms with E-state index in [9.17, 15) is 0 Å². The van der Waals surface area contributed by atoms with Crippen molar-refractivity contribution in [2.24, 2.45) is 0 Å². The van der Waals surface area contributed by atoms with Crippen molar-refractivity contribution in [1.82, 2.24) is 5.32 Å². The van der Waals surface area contributed by atoms with Crippen molar-refractivity contribution >= 4 is 5.69 Å². The number of hydrogen-bond acceptors (Lipinski definition) is 3. The van der Waals surface area contributed by atoms with Gasteiger partial charge in [-0.2, -0.15) is 0 Å². The van der Waals surface area contributed by atoms with Crippen molar-refractivity contribution in [2.45, 2.75) is 19.8 Å². The molecule has 0 aliphatic heterocycles. The normalized spacial score (nSPS) is 10.1. The summed E-state index contributed by atoms with van der Waals surface area (Å²) in [6.45, 7) is 5.25. The van der Waals surface area contributed by atoms with Gasteiger partial charge in [-0.15, -0.1) is 0 Å². The van der Waals surface area contributed by atoms with Crippen molar-refractivity contribution in [3.05, 3.63) is 24.3 Å². The second-order valence-corrected chi connectivity index (χ2v) is 3.76. The zero-order valence-corrected chi connectivity index (χ0v) is 10.3. The highest BCUT2D eigenvalue weighted by atomic mass is 16.5. The van der Waals surface area contributed by atoms with Crippen molar-refractivity contribution in [3.8, 4) is 5.75 Å². The Balaban J connectivity index is 2.16. The smallest absolute Gasteiger partial charge is 0.120 e. The van der Waals surface area contributed by atoms with E-state index in [2.05, 4.69) is 23.6 Å². The molecular formula is C13H22N2O. The number of unbranched alkanes of at least 4 members (excludes halogenated alkanes) is 1. The number of nitrogens with one attached hydrogen (secondary N) is 2. The van der Waals surface area contributed by atoms with Gasteiger partial charge >= 0.3 is 0 Å². The number of ether oxygens (including phenoxy) is 1. The lowest BCUT2D eigenvalue weighted by molar-refractivity contribution is 0.415. The van der Waals surface area contributed by atoms with Crippen LogP contribution in [0.25, 0.3) is 0 Å². The van der Waals surface area contributed by atoms with Gasteiger partial charge in [0, 0.05) is 24.8 Å². The second kappa shape index (κ2) is 7.99. The molecule has 0 aromatic heterocycles. The van der Waals surface area contributed by atoms with Gasteiger partial charge in [0.05, 0.1) is 7.11 Å². The molecule has 3 nitrogen and oxygen atoms in total. The molecule has 0 aliphatic rings. The van der Waals surface area contributed by atoms with Gasteiger partial charge in [0.15, 0.2) is 0 Å². The standard InChI is InChI=1S/C13H22N2O/c1-3-4-8-14-9-10-15-12-6-5-7-13(11-12)16-2/h5-7,11,14-15H,3-4,8-10H2,1-2H3. The fourth-order valence-corrected chi connectivity index (χ4v) is 1.46. The van der Waals surface area contributed by atoms with Crippen molar-refractivity contribution in [2.75, 3.05) is 32.1 Å². The van der Waals surface area contributed by atoms with Crippen molar-refractivity contribution < 1.29 is 4.74 Å². The molecule has 1 rings (SSSR count). The molecular weight excluding hydrogens is 200 g/mol. The minimum absolute atomic E-state index is 0.893. The predicted octanol–water partition coefficient (Wildman–Crippen LogP) is 2.50. The zero-order chi connectivity index (χ0) is 11.6. The van der Waals surface area contributed by atoms with E-state index in [4.69, 9.17) is 4.74 Å². The third-order valence-corrected chi connectivity index (χ3v) is 2.41. The third-order valence-electron chi connectivity index (χ3n) is 2.41. The van der Waals surface area contributed by atoms with Crippen LogP contribution in [0.5, 0.6) is 5.75 Å². The molecule has 0 heterocycles. The van der Waals surface area contributed by atoms with Crippen LogP contribution in [-0.2, 0) is 0 Å². The molecule has 0 aliphatic carbocycles. The molecule has 0 spiro atoms. The van der Waals surface area contributed by atoms with E-state index in [1.807, 2.05) is 18.2 Å². The van der Waals surface area contributed by atoms with Crippen LogP contribution in [-0.4, -0.2) is 26.7 Å². The summed E-state index contributed by atoms with van der Waals surface area (Å²) in [4.78, 5) is 0. The summed E-state index contributed by atoms with van der Waals surface area (Å²) in [5.41, 5.74) is 1.11. The summed E-state index contributed by atoms with van der Waals surface area (Å²) < 4.78 is 5.16. The molecule has 0 radical (unpaired) electrons. The summed E-state index contributed by atoms with van der Waals surface area (Å²) in [6.07, 6.45) is 2.50. The fourth-order valence-electron chi connectivity index (χ4n) is 1.46. The summed E-state index contributed by atoms with van der Waals surface area (Å²) in [6, 6.07) is 8.00. The van der Waals surface area contributed by atoms with Gasteiger partial charge in [-0.3, -0.25) is 0 Å². The molecule has 1 aromatic carbocycles. The Morgan fingerprint density at radius 2 is 2.06 bits per heavy atom. The molecule has 3 heteroatoms. The molecule has 0 saturated heterocycles. The molecule has 0 amide bonds. The van der Waals surface area contributed by atoms with Crippen LogP contribution in [0.4, 0.5) is 5.69 Å². The highest BCUT2D eigenvalue weighted by Gasteiger charge is 1.94. The molecule has 1 aromatic rings. The average molecular weight is 222 g/mol. The van der Waals surface area contributed by atoms with E-state index < -0.39 is 0 Å². The molecule has 0 atom stereocenters. The van der Waals surface area contributed by atoms with Crippen LogP contribution in [0.2, 0.25) is 0 Å². The van der Waals surface area contributed by atoms with E-state index in [1.54, 1.807) is 7.11 Å². The molecule has 16 heavy (non-hydrogen) atoms. The van der Waals surface area contributed by atoms with Crippen molar-refractivity contribution in [3.63, 3.8) is 0 Å². The number of rotatable bonds is 8. The van der Waals surface area contributed by atoms with E-state index in [0.29, 0.717) is 0 Å². The van der Waals surface area contributed by atoms with Gasteiger partial charge < -0.3 is 15.4 Å². The molecule has 0 fully saturated rings. The lowest BCUT2D eigenvalue weighted by atomic mass is 10.3. The molecule has 0 saturated carbocycles. The first-order chi connectivity index (χ1) is 7.86. The Bertz CT molecular complexity index is 289. The number of methoxy groups -OCH3 is 1. The third kappa shape index (κ3) is 5.03. The second-order valence-electron chi connectivity index (χ2n) is 3.76. The highest BCUT2D eigenvalue weighted by molar-refractivity contribution is 5.48. The predicted molar refractivity (Wildman–Crippen MR) is 69.3 cm³/mol. The fraction of sp³-hybridized carbons (Fsp3) is 0.538. The Morgan fingerprint density at radius 1 is 1.19 bits per heavy atom. The van der Waals surface area contributed by atoms with Crippen LogP contribution in [0.1, 0.15) is 19.8 Å². The Hall–Kier alpha value is -1.22. The van der Waals surface area contributed by atoms with E-state index >= 15 is 0 Å². The van der Waals surface area contributed by atoms with Gasteiger partial charge in [0.1, 0.15) is 5.75 Å². The maximum atomic E-state index is 5.16. The molecule has 0 unspecified atom stereocenters. The van der Waals surface area contributed by atoms with Gasteiger partial charge in [-0.1, -0.05) is 19.4 Å². The monoisotopic (exact) mass is 222 g/mol.